The Balaban J connectivity index is 2.23. The molecule has 2 unspecified atom stereocenters. The van der Waals surface area contributed by atoms with Crippen molar-refractivity contribution in [1.29, 1.82) is 0 Å². The predicted octanol–water partition coefficient (Wildman–Crippen LogP) is 2.12. The number of rotatable bonds is 7. The van der Waals surface area contributed by atoms with Gasteiger partial charge in [-0.3, -0.25) is 0 Å². The minimum atomic E-state index is 0.602. The minimum Gasteiger partial charge on any atom is -0.384 e. The summed E-state index contributed by atoms with van der Waals surface area (Å²) in [6.45, 7) is 11.3. The maximum Gasteiger partial charge on any atom is 0.0502 e. The topological polar surface area (TPSA) is 24.5 Å². The first-order valence-corrected chi connectivity index (χ1v) is 7.09. The second-order valence-corrected chi connectivity index (χ2v) is 5.71. The van der Waals surface area contributed by atoms with Crippen molar-refractivity contribution in [2.24, 2.45) is 5.92 Å². The number of hydrogen-bond donors (Lipinski definition) is 1. The maximum atomic E-state index is 5.28. The van der Waals surface area contributed by atoms with Crippen LogP contribution in [0.15, 0.2) is 0 Å². The van der Waals surface area contributed by atoms with E-state index < -0.39 is 0 Å². The van der Waals surface area contributed by atoms with Gasteiger partial charge in [0.05, 0.1) is 6.61 Å². The van der Waals surface area contributed by atoms with Crippen LogP contribution in [-0.4, -0.2) is 50.3 Å². The Morgan fingerprint density at radius 3 is 2.76 bits per heavy atom. The van der Waals surface area contributed by atoms with Crippen molar-refractivity contribution >= 4 is 0 Å². The lowest BCUT2D eigenvalue weighted by Crippen LogP contribution is -2.43. The summed E-state index contributed by atoms with van der Waals surface area (Å²) in [6, 6.07) is 1.30. The molecule has 0 aromatic carbocycles. The monoisotopic (exact) mass is 242 g/mol. The fourth-order valence-electron chi connectivity index (χ4n) is 2.63. The molecule has 3 nitrogen and oxygen atoms in total. The molecule has 1 N–H and O–H groups in total. The van der Waals surface area contributed by atoms with Gasteiger partial charge in [-0.15, -0.1) is 0 Å². The number of likely N-dealkylation sites (tertiary alicyclic amines) is 1. The van der Waals surface area contributed by atoms with E-state index >= 15 is 0 Å². The van der Waals surface area contributed by atoms with E-state index in [-0.39, 0.29) is 0 Å². The average Bonchev–Trinajstić information content (AvgIpc) is 2.29. The molecule has 0 aliphatic carbocycles. The van der Waals surface area contributed by atoms with E-state index in [1.807, 2.05) is 7.11 Å². The average molecular weight is 242 g/mol. The van der Waals surface area contributed by atoms with Gasteiger partial charge in [-0.05, 0) is 45.2 Å². The molecule has 1 fully saturated rings. The molecule has 17 heavy (non-hydrogen) atoms. The maximum absolute atomic E-state index is 5.28. The first-order chi connectivity index (χ1) is 8.13. The van der Waals surface area contributed by atoms with Crippen molar-refractivity contribution in [2.45, 2.75) is 52.1 Å². The highest BCUT2D eigenvalue weighted by Crippen LogP contribution is 2.19. The second-order valence-electron chi connectivity index (χ2n) is 5.71. The molecular formula is C14H30N2O. The molecule has 0 spiro atoms. The van der Waals surface area contributed by atoms with Crippen molar-refractivity contribution in [3.63, 3.8) is 0 Å². The first kappa shape index (κ1) is 14.9. The largest absolute Gasteiger partial charge is 0.384 e. The highest BCUT2D eigenvalue weighted by molar-refractivity contribution is 4.77. The zero-order chi connectivity index (χ0) is 12.7. The van der Waals surface area contributed by atoms with Gasteiger partial charge in [-0.2, -0.15) is 0 Å². The standard InChI is InChI=1S/C14H30N2O/c1-12(2)15-8-7-13(3)16-9-5-6-14(10-16)11-17-4/h12-15H,5-11H2,1-4H3. The summed E-state index contributed by atoms with van der Waals surface area (Å²) in [5, 5.41) is 3.50. The third kappa shape index (κ3) is 5.84. The number of nitrogens with one attached hydrogen (secondary N) is 1. The molecule has 0 bridgehead atoms. The molecular weight excluding hydrogens is 212 g/mol. The van der Waals surface area contributed by atoms with Gasteiger partial charge in [0.15, 0.2) is 0 Å². The van der Waals surface area contributed by atoms with Crippen molar-refractivity contribution in [2.75, 3.05) is 33.4 Å². The molecule has 0 aromatic heterocycles. The molecule has 0 radical (unpaired) electrons. The van der Waals surface area contributed by atoms with Gasteiger partial charge < -0.3 is 15.0 Å². The summed E-state index contributed by atoms with van der Waals surface area (Å²) < 4.78 is 5.28. The molecule has 102 valence electrons. The van der Waals surface area contributed by atoms with Crippen LogP contribution in [0.4, 0.5) is 0 Å². The van der Waals surface area contributed by atoms with Crippen LogP contribution in [0.5, 0.6) is 0 Å². The molecule has 0 aromatic rings. The van der Waals surface area contributed by atoms with Crippen LogP contribution < -0.4 is 5.32 Å². The van der Waals surface area contributed by atoms with E-state index in [1.54, 1.807) is 0 Å². The Kier molecular flexibility index (Phi) is 7.09. The number of piperidine rings is 1. The van der Waals surface area contributed by atoms with Crippen molar-refractivity contribution < 1.29 is 4.74 Å². The fraction of sp³-hybridized carbons (Fsp3) is 1.00. The van der Waals surface area contributed by atoms with Gasteiger partial charge >= 0.3 is 0 Å². The van der Waals surface area contributed by atoms with Crippen LogP contribution in [0, 0.1) is 5.92 Å². The summed E-state index contributed by atoms with van der Waals surface area (Å²) in [5.74, 6) is 0.745. The number of nitrogens with zero attached hydrogens (tertiary/aromatic N) is 1. The van der Waals surface area contributed by atoms with Gasteiger partial charge in [-0.25, -0.2) is 0 Å². The molecule has 0 amide bonds. The Morgan fingerprint density at radius 1 is 1.35 bits per heavy atom. The Bertz CT molecular complexity index is 195. The quantitative estimate of drug-likeness (QED) is 0.740. The van der Waals surface area contributed by atoms with Crippen LogP contribution in [0.25, 0.3) is 0 Å². The minimum absolute atomic E-state index is 0.602. The van der Waals surface area contributed by atoms with E-state index in [2.05, 4.69) is 31.0 Å². The van der Waals surface area contributed by atoms with Crippen molar-refractivity contribution in [3.05, 3.63) is 0 Å². The predicted molar refractivity (Wildman–Crippen MR) is 73.4 cm³/mol. The lowest BCUT2D eigenvalue weighted by atomic mass is 9.97. The normalized spacial score (nSPS) is 24.2. The van der Waals surface area contributed by atoms with Gasteiger partial charge in [-0.1, -0.05) is 13.8 Å². The molecule has 0 saturated carbocycles. The summed E-state index contributed by atoms with van der Waals surface area (Å²) in [6.07, 6.45) is 3.91. The second kappa shape index (κ2) is 8.06. The number of methoxy groups -OCH3 is 1. The van der Waals surface area contributed by atoms with Gasteiger partial charge in [0, 0.05) is 25.7 Å². The number of hydrogen-bond acceptors (Lipinski definition) is 3. The molecule has 1 aliphatic rings. The highest BCUT2D eigenvalue weighted by Gasteiger charge is 2.23. The van der Waals surface area contributed by atoms with Gasteiger partial charge in [0.1, 0.15) is 0 Å². The zero-order valence-corrected chi connectivity index (χ0v) is 12.0. The van der Waals surface area contributed by atoms with E-state index in [9.17, 15) is 0 Å². The molecule has 2 atom stereocenters. The zero-order valence-electron chi connectivity index (χ0n) is 12.0. The Morgan fingerprint density at radius 2 is 2.12 bits per heavy atom. The third-order valence-electron chi connectivity index (χ3n) is 3.69. The van der Waals surface area contributed by atoms with Gasteiger partial charge in [0.2, 0.25) is 0 Å². The molecule has 1 heterocycles. The number of ether oxygens (including phenoxy) is 1. The summed E-state index contributed by atoms with van der Waals surface area (Å²) in [4.78, 5) is 2.63. The van der Waals surface area contributed by atoms with Crippen LogP contribution in [0.3, 0.4) is 0 Å². The van der Waals surface area contributed by atoms with Crippen LogP contribution in [-0.2, 0) is 4.74 Å². The van der Waals surface area contributed by atoms with E-state index in [0.717, 1.165) is 19.1 Å². The SMILES string of the molecule is COCC1CCCN(C(C)CCNC(C)C)C1. The fourth-order valence-corrected chi connectivity index (χ4v) is 2.63. The smallest absolute Gasteiger partial charge is 0.0502 e. The van der Waals surface area contributed by atoms with E-state index in [4.69, 9.17) is 4.74 Å². The summed E-state index contributed by atoms with van der Waals surface area (Å²) in [7, 11) is 1.81. The van der Waals surface area contributed by atoms with Crippen molar-refractivity contribution in [1.82, 2.24) is 10.2 Å². The van der Waals surface area contributed by atoms with Crippen LogP contribution in [0.2, 0.25) is 0 Å². The van der Waals surface area contributed by atoms with Gasteiger partial charge in [0.25, 0.3) is 0 Å². The van der Waals surface area contributed by atoms with E-state index in [1.165, 1.54) is 32.4 Å². The van der Waals surface area contributed by atoms with E-state index in [0.29, 0.717) is 12.1 Å². The molecule has 1 rings (SSSR count). The molecule has 1 aliphatic heterocycles. The third-order valence-corrected chi connectivity index (χ3v) is 3.69. The molecule has 3 heteroatoms. The Hall–Kier alpha value is -0.120. The summed E-state index contributed by atoms with van der Waals surface area (Å²) in [5.41, 5.74) is 0. The lowest BCUT2D eigenvalue weighted by molar-refractivity contribution is 0.0701. The first-order valence-electron chi connectivity index (χ1n) is 7.09. The highest BCUT2D eigenvalue weighted by atomic mass is 16.5. The summed E-state index contributed by atoms with van der Waals surface area (Å²) >= 11 is 0. The van der Waals surface area contributed by atoms with Crippen LogP contribution in [0.1, 0.15) is 40.0 Å². The lowest BCUT2D eigenvalue weighted by Gasteiger charge is -2.36. The van der Waals surface area contributed by atoms with Crippen molar-refractivity contribution in [3.8, 4) is 0 Å². The Labute approximate surface area is 107 Å². The molecule has 1 saturated heterocycles. The van der Waals surface area contributed by atoms with Crippen LogP contribution >= 0.6 is 0 Å².